The molecule has 1 fully saturated rings. The van der Waals surface area contributed by atoms with Gasteiger partial charge in [0.05, 0.1) is 112 Å². The normalized spacial score (nSPS) is 13.1. The predicted molar refractivity (Wildman–Crippen MR) is 162 cm³/mol. The molecule has 268 valence electrons. The van der Waals surface area contributed by atoms with Crippen molar-refractivity contribution < 1.29 is 66.5 Å². The third-order valence-electron chi connectivity index (χ3n) is 6.30. The molecule has 1 saturated heterocycles. The molecule has 1 aromatic heterocycles. The summed E-state index contributed by atoms with van der Waals surface area (Å²) in [4.78, 5) is 51.3. The van der Waals surface area contributed by atoms with Crippen molar-refractivity contribution in [2.45, 2.75) is 19.3 Å². The number of carbonyl (C=O) groups is 4. The number of nitrogens with zero attached hydrogens (tertiary/aromatic N) is 3. The van der Waals surface area contributed by atoms with E-state index < -0.39 is 17.8 Å². The van der Waals surface area contributed by atoms with E-state index >= 15 is 0 Å². The van der Waals surface area contributed by atoms with Crippen LogP contribution in [0.1, 0.15) is 29.6 Å². The first-order chi connectivity index (χ1) is 23.5. The van der Waals surface area contributed by atoms with Crippen LogP contribution in [-0.4, -0.2) is 151 Å². The SMILES string of the molecule is O=C(CCOCCOCCOCCOCCOCCOCCOCCOCCNC(=O)c1ccc2nonc2c1)ON1C(=O)CCC1=O. The van der Waals surface area contributed by atoms with Gasteiger partial charge >= 0.3 is 5.97 Å². The highest BCUT2D eigenvalue weighted by Crippen LogP contribution is 2.13. The van der Waals surface area contributed by atoms with Gasteiger partial charge in [0, 0.05) is 24.9 Å². The molecule has 3 amide bonds. The van der Waals surface area contributed by atoms with Crippen molar-refractivity contribution in [1.82, 2.24) is 20.7 Å². The van der Waals surface area contributed by atoms with Crippen molar-refractivity contribution in [2.75, 3.05) is 112 Å². The summed E-state index contributed by atoms with van der Waals surface area (Å²) in [5.74, 6) is -1.96. The number of aromatic nitrogens is 2. The van der Waals surface area contributed by atoms with Crippen LogP contribution in [0.15, 0.2) is 22.8 Å². The molecule has 1 aliphatic heterocycles. The van der Waals surface area contributed by atoms with Gasteiger partial charge < -0.3 is 48.0 Å². The van der Waals surface area contributed by atoms with Gasteiger partial charge in [0.2, 0.25) is 0 Å². The fourth-order valence-electron chi connectivity index (χ4n) is 3.86. The maximum absolute atomic E-state index is 12.2. The van der Waals surface area contributed by atoms with Crippen LogP contribution in [0.2, 0.25) is 0 Å². The topological polar surface area (TPSA) is 206 Å². The molecule has 1 aromatic carbocycles. The standard InChI is InChI=1S/C30H44N4O14/c35-27-3-4-28(36)34(27)47-29(37)5-7-39-9-11-41-13-15-43-17-19-45-21-22-46-20-18-44-16-14-42-12-10-40-8-6-31-30(38)24-1-2-25-26(23-24)33-48-32-25/h1-2,23H,3-22H2,(H,31,38). The lowest BCUT2D eigenvalue weighted by Gasteiger charge is -2.12. The molecule has 18 heteroatoms. The lowest BCUT2D eigenvalue weighted by molar-refractivity contribution is -0.198. The van der Waals surface area contributed by atoms with E-state index in [2.05, 4.69) is 20.3 Å². The van der Waals surface area contributed by atoms with Crippen molar-refractivity contribution in [3.8, 4) is 0 Å². The summed E-state index contributed by atoms with van der Waals surface area (Å²) >= 11 is 0. The van der Waals surface area contributed by atoms with E-state index in [9.17, 15) is 19.2 Å². The third-order valence-corrected chi connectivity index (χ3v) is 6.30. The Morgan fingerprint density at radius 2 is 1.06 bits per heavy atom. The summed E-state index contributed by atoms with van der Waals surface area (Å²) < 4.78 is 47.9. The van der Waals surface area contributed by atoms with Gasteiger partial charge in [-0.1, -0.05) is 0 Å². The summed E-state index contributed by atoms with van der Waals surface area (Å²) in [6, 6.07) is 4.95. The van der Waals surface area contributed by atoms with Crippen LogP contribution in [0.4, 0.5) is 0 Å². The zero-order valence-corrected chi connectivity index (χ0v) is 26.9. The van der Waals surface area contributed by atoms with Gasteiger partial charge in [0.15, 0.2) is 0 Å². The number of nitrogens with one attached hydrogen (secondary N) is 1. The first kappa shape index (κ1) is 38.8. The molecule has 3 rings (SSSR count). The van der Waals surface area contributed by atoms with E-state index in [0.29, 0.717) is 121 Å². The van der Waals surface area contributed by atoms with E-state index in [1.54, 1.807) is 18.2 Å². The number of fused-ring (bicyclic) bond motifs is 1. The van der Waals surface area contributed by atoms with Crippen LogP contribution in [0.25, 0.3) is 11.0 Å². The summed E-state index contributed by atoms with van der Waals surface area (Å²) in [5.41, 5.74) is 1.59. The maximum Gasteiger partial charge on any atom is 0.335 e. The van der Waals surface area contributed by atoms with Gasteiger partial charge in [-0.05, 0) is 28.5 Å². The lowest BCUT2D eigenvalue weighted by Crippen LogP contribution is -2.32. The number of carbonyl (C=O) groups excluding carboxylic acids is 4. The monoisotopic (exact) mass is 684 g/mol. The highest BCUT2D eigenvalue weighted by Gasteiger charge is 2.32. The third kappa shape index (κ3) is 16.5. The molecule has 0 spiro atoms. The van der Waals surface area contributed by atoms with Gasteiger partial charge in [-0.15, -0.1) is 5.06 Å². The van der Waals surface area contributed by atoms with Crippen molar-refractivity contribution in [1.29, 1.82) is 0 Å². The van der Waals surface area contributed by atoms with Crippen molar-refractivity contribution in [2.24, 2.45) is 0 Å². The molecule has 0 radical (unpaired) electrons. The molecule has 18 nitrogen and oxygen atoms in total. The van der Waals surface area contributed by atoms with Crippen molar-refractivity contribution in [3.63, 3.8) is 0 Å². The van der Waals surface area contributed by atoms with Gasteiger partial charge in [-0.25, -0.2) is 9.42 Å². The van der Waals surface area contributed by atoms with Crippen LogP contribution in [0, 0.1) is 0 Å². The Morgan fingerprint density at radius 1 is 0.625 bits per heavy atom. The Bertz CT molecular complexity index is 1210. The Balaban J connectivity index is 0.945. The molecule has 2 aromatic rings. The smallest absolute Gasteiger partial charge is 0.335 e. The Morgan fingerprint density at radius 3 is 1.56 bits per heavy atom. The minimum Gasteiger partial charge on any atom is -0.378 e. The van der Waals surface area contributed by atoms with Crippen LogP contribution in [-0.2, 0) is 57.1 Å². The Kier molecular flexibility index (Phi) is 19.8. The lowest BCUT2D eigenvalue weighted by atomic mass is 10.2. The maximum atomic E-state index is 12.2. The largest absolute Gasteiger partial charge is 0.378 e. The number of hydroxylamine groups is 2. The molecule has 0 aliphatic carbocycles. The molecule has 0 unspecified atom stereocenters. The second kappa shape index (κ2) is 24.5. The van der Waals surface area contributed by atoms with Crippen molar-refractivity contribution >= 4 is 34.7 Å². The number of ether oxygens (including phenoxy) is 8. The van der Waals surface area contributed by atoms with E-state index in [4.69, 9.17) is 42.7 Å². The van der Waals surface area contributed by atoms with E-state index in [0.717, 1.165) is 0 Å². The summed E-state index contributed by atoms with van der Waals surface area (Å²) in [7, 11) is 0. The zero-order valence-electron chi connectivity index (χ0n) is 26.9. The average molecular weight is 685 g/mol. The number of hydrogen-bond donors (Lipinski definition) is 1. The van der Waals surface area contributed by atoms with E-state index in [1.165, 1.54) is 0 Å². The number of benzene rings is 1. The van der Waals surface area contributed by atoms with E-state index in [-0.39, 0.29) is 38.4 Å². The fourth-order valence-corrected chi connectivity index (χ4v) is 3.86. The molecular weight excluding hydrogens is 640 g/mol. The summed E-state index contributed by atoms with van der Waals surface area (Å²) in [6.45, 7) is 6.57. The van der Waals surface area contributed by atoms with Crippen LogP contribution >= 0.6 is 0 Å². The Labute approximate surface area is 277 Å². The quantitative estimate of drug-likeness (QED) is 0.0890. The zero-order chi connectivity index (χ0) is 34.1. The molecule has 1 aliphatic rings. The highest BCUT2D eigenvalue weighted by atomic mass is 16.7. The van der Waals surface area contributed by atoms with Gasteiger partial charge in [0.1, 0.15) is 11.0 Å². The number of amides is 3. The second-order valence-corrected chi connectivity index (χ2v) is 9.92. The van der Waals surface area contributed by atoms with Crippen LogP contribution in [0.5, 0.6) is 0 Å². The minimum absolute atomic E-state index is 0.0549. The summed E-state index contributed by atoms with van der Waals surface area (Å²) in [5, 5.41) is 10.7. The average Bonchev–Trinajstić information content (AvgIpc) is 3.69. The molecule has 0 saturated carbocycles. The molecule has 0 atom stereocenters. The first-order valence-electron chi connectivity index (χ1n) is 15.7. The number of hydrogen-bond acceptors (Lipinski definition) is 16. The van der Waals surface area contributed by atoms with Gasteiger partial charge in [-0.2, -0.15) is 0 Å². The number of imide groups is 1. The molecule has 0 bridgehead atoms. The van der Waals surface area contributed by atoms with E-state index in [1.807, 2.05) is 0 Å². The predicted octanol–water partition coefficient (Wildman–Crippen LogP) is 0.0827. The van der Waals surface area contributed by atoms with Crippen LogP contribution in [0.3, 0.4) is 0 Å². The minimum atomic E-state index is -0.704. The van der Waals surface area contributed by atoms with Gasteiger partial charge in [-0.3, -0.25) is 14.4 Å². The molecule has 2 heterocycles. The fraction of sp³-hybridized carbons (Fsp3) is 0.667. The molecule has 48 heavy (non-hydrogen) atoms. The van der Waals surface area contributed by atoms with Crippen molar-refractivity contribution in [3.05, 3.63) is 23.8 Å². The van der Waals surface area contributed by atoms with Gasteiger partial charge in [0.25, 0.3) is 17.7 Å². The number of rotatable bonds is 29. The first-order valence-corrected chi connectivity index (χ1v) is 15.7. The Hall–Kier alpha value is -3.62. The molecule has 1 N–H and O–H groups in total. The summed E-state index contributed by atoms with van der Waals surface area (Å²) in [6.07, 6.45) is 0.0303. The van der Waals surface area contributed by atoms with Crippen LogP contribution < -0.4 is 5.32 Å². The second-order valence-electron chi connectivity index (χ2n) is 9.92. The highest BCUT2D eigenvalue weighted by molar-refractivity contribution is 6.01. The molecular formula is C30H44N4O14.